The molecule has 1 aliphatic heterocycles. The van der Waals surface area contributed by atoms with E-state index in [4.69, 9.17) is 4.74 Å². The van der Waals surface area contributed by atoms with Crippen LogP contribution in [0.3, 0.4) is 0 Å². The van der Waals surface area contributed by atoms with Crippen molar-refractivity contribution >= 4 is 6.29 Å². The zero-order valence-electron chi connectivity index (χ0n) is 8.01. The van der Waals surface area contributed by atoms with Crippen LogP contribution in [-0.2, 0) is 9.53 Å². The SMILES string of the molecule is CC(C)C1(CCCC=O)COC1. The minimum Gasteiger partial charge on any atom is -0.380 e. The van der Waals surface area contributed by atoms with Crippen molar-refractivity contribution in [3.63, 3.8) is 0 Å². The monoisotopic (exact) mass is 170 g/mol. The Labute approximate surface area is 74.3 Å². The van der Waals surface area contributed by atoms with E-state index >= 15 is 0 Å². The Kier molecular flexibility index (Phi) is 3.27. The van der Waals surface area contributed by atoms with Crippen LogP contribution in [0.15, 0.2) is 0 Å². The molecule has 0 spiro atoms. The second kappa shape index (κ2) is 4.04. The summed E-state index contributed by atoms with van der Waals surface area (Å²) in [6.07, 6.45) is 3.87. The first kappa shape index (κ1) is 9.72. The fourth-order valence-corrected chi connectivity index (χ4v) is 1.67. The molecular formula is C10H18O2. The molecule has 2 heteroatoms. The molecule has 1 aliphatic rings. The highest BCUT2D eigenvalue weighted by Gasteiger charge is 2.40. The molecule has 2 nitrogen and oxygen atoms in total. The van der Waals surface area contributed by atoms with Crippen molar-refractivity contribution in [2.24, 2.45) is 11.3 Å². The molecule has 0 aliphatic carbocycles. The summed E-state index contributed by atoms with van der Waals surface area (Å²) in [5.41, 5.74) is 0.392. The van der Waals surface area contributed by atoms with Crippen LogP contribution in [0, 0.1) is 11.3 Å². The smallest absolute Gasteiger partial charge is 0.119 e. The number of hydrogen-bond donors (Lipinski definition) is 0. The predicted octanol–water partition coefficient (Wildman–Crippen LogP) is 2.03. The Bertz CT molecular complexity index is 148. The lowest BCUT2D eigenvalue weighted by atomic mass is 9.72. The van der Waals surface area contributed by atoms with Gasteiger partial charge in [0.1, 0.15) is 6.29 Å². The van der Waals surface area contributed by atoms with Gasteiger partial charge in [-0.2, -0.15) is 0 Å². The van der Waals surface area contributed by atoms with Crippen LogP contribution >= 0.6 is 0 Å². The molecular weight excluding hydrogens is 152 g/mol. The molecule has 0 bridgehead atoms. The van der Waals surface area contributed by atoms with Gasteiger partial charge in [0.25, 0.3) is 0 Å². The third-order valence-corrected chi connectivity index (χ3v) is 3.00. The van der Waals surface area contributed by atoms with Crippen molar-refractivity contribution in [2.45, 2.75) is 33.1 Å². The van der Waals surface area contributed by atoms with Gasteiger partial charge in [-0.05, 0) is 18.8 Å². The molecule has 0 saturated carbocycles. The number of hydrogen-bond acceptors (Lipinski definition) is 2. The first-order valence-corrected chi connectivity index (χ1v) is 4.73. The number of ether oxygens (including phenoxy) is 1. The summed E-state index contributed by atoms with van der Waals surface area (Å²) >= 11 is 0. The van der Waals surface area contributed by atoms with Crippen LogP contribution in [0.2, 0.25) is 0 Å². The van der Waals surface area contributed by atoms with E-state index in [9.17, 15) is 4.79 Å². The Morgan fingerprint density at radius 1 is 1.50 bits per heavy atom. The van der Waals surface area contributed by atoms with Gasteiger partial charge in [-0.25, -0.2) is 0 Å². The molecule has 0 aromatic rings. The van der Waals surface area contributed by atoms with Crippen LogP contribution in [0.25, 0.3) is 0 Å². The summed E-state index contributed by atoms with van der Waals surface area (Å²) in [5.74, 6) is 0.679. The average Bonchev–Trinajstić information content (AvgIpc) is 1.94. The van der Waals surface area contributed by atoms with Crippen LogP contribution in [-0.4, -0.2) is 19.5 Å². The molecule has 1 heterocycles. The van der Waals surface area contributed by atoms with Gasteiger partial charge in [0, 0.05) is 11.8 Å². The fraction of sp³-hybridized carbons (Fsp3) is 0.900. The average molecular weight is 170 g/mol. The highest BCUT2D eigenvalue weighted by atomic mass is 16.5. The molecule has 0 aromatic carbocycles. The molecule has 12 heavy (non-hydrogen) atoms. The van der Waals surface area contributed by atoms with Crippen molar-refractivity contribution in [3.05, 3.63) is 0 Å². The van der Waals surface area contributed by atoms with E-state index in [0.717, 1.165) is 32.3 Å². The lowest BCUT2D eigenvalue weighted by Gasteiger charge is -2.45. The van der Waals surface area contributed by atoms with E-state index in [2.05, 4.69) is 13.8 Å². The highest BCUT2D eigenvalue weighted by Crippen LogP contribution is 2.40. The number of carbonyl (C=O) groups is 1. The van der Waals surface area contributed by atoms with E-state index in [1.54, 1.807) is 0 Å². The normalized spacial score (nSPS) is 20.6. The van der Waals surface area contributed by atoms with E-state index < -0.39 is 0 Å². The summed E-state index contributed by atoms with van der Waals surface area (Å²) in [5, 5.41) is 0. The van der Waals surface area contributed by atoms with Crippen LogP contribution < -0.4 is 0 Å². The molecule has 0 N–H and O–H groups in total. The van der Waals surface area contributed by atoms with Gasteiger partial charge >= 0.3 is 0 Å². The number of aldehydes is 1. The van der Waals surface area contributed by atoms with Gasteiger partial charge in [0.15, 0.2) is 0 Å². The van der Waals surface area contributed by atoms with Crippen LogP contribution in [0.4, 0.5) is 0 Å². The maximum absolute atomic E-state index is 10.1. The fourth-order valence-electron chi connectivity index (χ4n) is 1.67. The molecule has 1 fully saturated rings. The molecule has 1 rings (SSSR count). The van der Waals surface area contributed by atoms with Crippen LogP contribution in [0.5, 0.6) is 0 Å². The summed E-state index contributed by atoms with van der Waals surface area (Å²) in [7, 11) is 0. The predicted molar refractivity (Wildman–Crippen MR) is 48.0 cm³/mol. The topological polar surface area (TPSA) is 26.3 Å². The van der Waals surface area contributed by atoms with E-state index in [-0.39, 0.29) is 0 Å². The number of unbranched alkanes of at least 4 members (excludes halogenated alkanes) is 1. The number of carbonyl (C=O) groups excluding carboxylic acids is 1. The van der Waals surface area contributed by atoms with Crippen molar-refractivity contribution in [3.8, 4) is 0 Å². The van der Waals surface area contributed by atoms with Crippen molar-refractivity contribution in [2.75, 3.05) is 13.2 Å². The Balaban J connectivity index is 2.29. The minimum atomic E-state index is 0.392. The summed E-state index contributed by atoms with van der Waals surface area (Å²) in [6, 6.07) is 0. The maximum Gasteiger partial charge on any atom is 0.119 e. The quantitative estimate of drug-likeness (QED) is 0.466. The second-order valence-electron chi connectivity index (χ2n) is 4.07. The van der Waals surface area contributed by atoms with Gasteiger partial charge in [0.05, 0.1) is 13.2 Å². The molecule has 70 valence electrons. The maximum atomic E-state index is 10.1. The number of rotatable bonds is 5. The molecule has 0 atom stereocenters. The lowest BCUT2D eigenvalue weighted by molar-refractivity contribution is -0.144. The van der Waals surface area contributed by atoms with Gasteiger partial charge in [-0.15, -0.1) is 0 Å². The molecule has 0 radical (unpaired) electrons. The molecule has 0 aromatic heterocycles. The highest BCUT2D eigenvalue weighted by molar-refractivity contribution is 5.48. The largest absolute Gasteiger partial charge is 0.380 e. The first-order valence-electron chi connectivity index (χ1n) is 4.73. The lowest BCUT2D eigenvalue weighted by Crippen LogP contribution is -2.46. The van der Waals surface area contributed by atoms with E-state index in [1.807, 2.05) is 0 Å². The van der Waals surface area contributed by atoms with Crippen molar-refractivity contribution in [1.82, 2.24) is 0 Å². The minimum absolute atomic E-state index is 0.392. The first-order chi connectivity index (χ1) is 5.71. The molecule has 1 saturated heterocycles. The Morgan fingerprint density at radius 3 is 2.50 bits per heavy atom. The van der Waals surface area contributed by atoms with Crippen molar-refractivity contribution in [1.29, 1.82) is 0 Å². The zero-order chi connectivity index (χ0) is 9.03. The molecule has 0 unspecified atom stereocenters. The van der Waals surface area contributed by atoms with Crippen LogP contribution in [0.1, 0.15) is 33.1 Å². The zero-order valence-corrected chi connectivity index (χ0v) is 8.01. The van der Waals surface area contributed by atoms with Gasteiger partial charge in [0.2, 0.25) is 0 Å². The summed E-state index contributed by atoms with van der Waals surface area (Å²) in [6.45, 7) is 6.26. The second-order valence-corrected chi connectivity index (χ2v) is 4.07. The summed E-state index contributed by atoms with van der Waals surface area (Å²) < 4.78 is 5.24. The van der Waals surface area contributed by atoms with Gasteiger partial charge in [-0.1, -0.05) is 13.8 Å². The van der Waals surface area contributed by atoms with E-state index in [0.29, 0.717) is 17.8 Å². The standard InChI is InChI=1S/C10H18O2/c1-9(2)10(7-12-8-10)5-3-4-6-11/h6,9H,3-5,7-8H2,1-2H3. The van der Waals surface area contributed by atoms with Gasteiger partial charge in [-0.3, -0.25) is 0 Å². The van der Waals surface area contributed by atoms with Gasteiger partial charge < -0.3 is 9.53 Å². The summed E-state index contributed by atoms with van der Waals surface area (Å²) in [4.78, 5) is 10.1. The Hall–Kier alpha value is -0.370. The van der Waals surface area contributed by atoms with Crippen molar-refractivity contribution < 1.29 is 9.53 Å². The van der Waals surface area contributed by atoms with E-state index in [1.165, 1.54) is 0 Å². The third kappa shape index (κ3) is 1.86. The Morgan fingerprint density at radius 2 is 2.17 bits per heavy atom. The third-order valence-electron chi connectivity index (χ3n) is 3.00. The molecule has 0 amide bonds.